The van der Waals surface area contributed by atoms with Crippen molar-refractivity contribution < 1.29 is 9.13 Å². The number of benzene rings is 1. The quantitative estimate of drug-likeness (QED) is 0.832. The zero-order valence-electron chi connectivity index (χ0n) is 9.44. The first-order valence-corrected chi connectivity index (χ1v) is 6.02. The van der Waals surface area contributed by atoms with Gasteiger partial charge < -0.3 is 14.3 Å². The third-order valence-electron chi connectivity index (χ3n) is 3.45. The van der Waals surface area contributed by atoms with Gasteiger partial charge in [0.2, 0.25) is 0 Å². The number of halogens is 1. The summed E-state index contributed by atoms with van der Waals surface area (Å²) in [5.41, 5.74) is 1.73. The highest BCUT2D eigenvalue weighted by Gasteiger charge is 2.31. The lowest BCUT2D eigenvalue weighted by atomic mass is 9.89. The Labute approximate surface area is 103 Å². The van der Waals surface area contributed by atoms with Gasteiger partial charge >= 0.3 is 0 Å². The molecule has 5 heteroatoms. The molecule has 1 fully saturated rings. The topological polar surface area (TPSA) is 29.9 Å². The molecule has 0 aliphatic heterocycles. The molecule has 0 atom stereocenters. The van der Waals surface area contributed by atoms with Crippen LogP contribution in [-0.4, -0.2) is 22.8 Å². The Hall–Kier alpha value is -1.20. The number of ether oxygens (including phenoxy) is 1. The lowest BCUT2D eigenvalue weighted by Gasteiger charge is -2.35. The van der Waals surface area contributed by atoms with E-state index in [0.29, 0.717) is 16.9 Å². The predicted octanol–water partition coefficient (Wildman–Crippen LogP) is 3.19. The van der Waals surface area contributed by atoms with Gasteiger partial charge in [0, 0.05) is 13.2 Å². The van der Waals surface area contributed by atoms with Gasteiger partial charge in [-0.05, 0) is 43.3 Å². The smallest absolute Gasteiger partial charge is 0.178 e. The van der Waals surface area contributed by atoms with Gasteiger partial charge in [-0.2, -0.15) is 0 Å². The summed E-state index contributed by atoms with van der Waals surface area (Å²) < 4.78 is 21.2. The second kappa shape index (κ2) is 3.92. The molecular formula is C12H13FN2OS. The molecule has 0 unspecified atom stereocenters. The monoisotopic (exact) mass is 252 g/mol. The minimum Gasteiger partial charge on any atom is -0.381 e. The van der Waals surface area contributed by atoms with Crippen LogP contribution in [0.15, 0.2) is 18.2 Å². The maximum atomic E-state index is 13.3. The number of fused-ring (bicyclic) bond motifs is 1. The molecular weight excluding hydrogens is 239 g/mol. The minimum atomic E-state index is -0.233. The molecule has 0 bridgehead atoms. The van der Waals surface area contributed by atoms with E-state index in [4.69, 9.17) is 17.0 Å². The van der Waals surface area contributed by atoms with Crippen LogP contribution in [0.25, 0.3) is 11.0 Å². The molecule has 90 valence electrons. The Morgan fingerprint density at radius 1 is 1.47 bits per heavy atom. The predicted molar refractivity (Wildman–Crippen MR) is 66.1 cm³/mol. The van der Waals surface area contributed by atoms with Gasteiger partial charge in [-0.15, -0.1) is 0 Å². The summed E-state index contributed by atoms with van der Waals surface area (Å²) in [4.78, 5) is 3.11. The highest BCUT2D eigenvalue weighted by molar-refractivity contribution is 7.71. The van der Waals surface area contributed by atoms with Gasteiger partial charge in [0.1, 0.15) is 5.82 Å². The number of aromatic amines is 1. The Balaban J connectivity index is 2.07. The van der Waals surface area contributed by atoms with Crippen molar-refractivity contribution in [3.05, 3.63) is 28.8 Å². The van der Waals surface area contributed by atoms with Crippen LogP contribution in [0, 0.1) is 10.6 Å². The second-order valence-electron chi connectivity index (χ2n) is 4.44. The zero-order chi connectivity index (χ0) is 12.0. The molecule has 3 nitrogen and oxygen atoms in total. The highest BCUT2D eigenvalue weighted by atomic mass is 32.1. The third-order valence-corrected chi connectivity index (χ3v) is 3.75. The Bertz CT molecular complexity index is 612. The van der Waals surface area contributed by atoms with Crippen LogP contribution in [0.5, 0.6) is 0 Å². The number of hydrogen-bond donors (Lipinski definition) is 1. The summed E-state index contributed by atoms with van der Waals surface area (Å²) in [6.07, 6.45) is 2.18. The normalized spacial score (nSPS) is 23.9. The highest BCUT2D eigenvalue weighted by Crippen LogP contribution is 2.36. The van der Waals surface area contributed by atoms with Crippen molar-refractivity contribution in [3.63, 3.8) is 0 Å². The van der Waals surface area contributed by atoms with E-state index in [-0.39, 0.29) is 5.82 Å². The molecule has 0 amide bonds. The summed E-state index contributed by atoms with van der Waals surface area (Å²) in [6.45, 7) is 0. The summed E-state index contributed by atoms with van der Waals surface area (Å²) in [5, 5.41) is 0. The average molecular weight is 252 g/mol. The fraction of sp³-hybridized carbons (Fsp3) is 0.417. The van der Waals surface area contributed by atoms with Gasteiger partial charge in [-0.25, -0.2) is 4.39 Å². The van der Waals surface area contributed by atoms with Crippen molar-refractivity contribution in [2.75, 3.05) is 7.11 Å². The van der Waals surface area contributed by atoms with Crippen LogP contribution in [0.4, 0.5) is 4.39 Å². The summed E-state index contributed by atoms with van der Waals surface area (Å²) in [5.74, 6) is -0.233. The molecule has 1 aromatic heterocycles. The van der Waals surface area contributed by atoms with Crippen LogP contribution >= 0.6 is 12.2 Å². The Morgan fingerprint density at radius 2 is 2.24 bits per heavy atom. The molecule has 0 spiro atoms. The van der Waals surface area contributed by atoms with Gasteiger partial charge in [0.15, 0.2) is 4.77 Å². The number of nitrogens with zero attached hydrogens (tertiary/aromatic N) is 1. The molecule has 0 saturated heterocycles. The first kappa shape index (κ1) is 10.9. The lowest BCUT2D eigenvalue weighted by molar-refractivity contribution is 0.00697. The second-order valence-corrected chi connectivity index (χ2v) is 4.83. The van der Waals surface area contributed by atoms with Crippen molar-refractivity contribution in [1.82, 2.24) is 9.55 Å². The van der Waals surface area contributed by atoms with Gasteiger partial charge in [0.25, 0.3) is 0 Å². The lowest BCUT2D eigenvalue weighted by Crippen LogP contribution is -2.32. The number of hydrogen-bond acceptors (Lipinski definition) is 2. The third kappa shape index (κ3) is 1.70. The number of methoxy groups -OCH3 is 1. The van der Waals surface area contributed by atoms with Crippen molar-refractivity contribution in [2.45, 2.75) is 25.0 Å². The summed E-state index contributed by atoms with van der Waals surface area (Å²) >= 11 is 5.29. The molecule has 17 heavy (non-hydrogen) atoms. The van der Waals surface area contributed by atoms with Crippen LogP contribution in [0.3, 0.4) is 0 Å². The van der Waals surface area contributed by atoms with E-state index in [0.717, 1.165) is 23.9 Å². The number of nitrogens with one attached hydrogen (secondary N) is 1. The largest absolute Gasteiger partial charge is 0.381 e. The summed E-state index contributed by atoms with van der Waals surface area (Å²) in [6, 6.07) is 5.02. The average Bonchev–Trinajstić information content (AvgIpc) is 2.54. The number of rotatable bonds is 2. The first-order valence-electron chi connectivity index (χ1n) is 5.61. The SMILES string of the molecule is COC1CC(n2c(=S)[nH]c3ccc(F)cc32)C1. The van der Waals surface area contributed by atoms with Crippen LogP contribution in [0.2, 0.25) is 0 Å². The Kier molecular flexibility index (Phi) is 2.52. The first-order chi connectivity index (χ1) is 8.19. The van der Waals surface area contributed by atoms with E-state index in [1.165, 1.54) is 12.1 Å². The van der Waals surface area contributed by atoms with Crippen LogP contribution in [0.1, 0.15) is 18.9 Å². The van der Waals surface area contributed by atoms with E-state index in [2.05, 4.69) is 4.98 Å². The fourth-order valence-electron chi connectivity index (χ4n) is 2.40. The molecule has 1 heterocycles. The number of H-pyrrole nitrogens is 1. The van der Waals surface area contributed by atoms with E-state index in [1.54, 1.807) is 13.2 Å². The standard InChI is InChI=1S/C12H13FN2OS/c1-16-9-5-8(6-9)15-11-4-7(13)2-3-10(11)14-12(15)17/h2-4,8-9H,5-6H2,1H3,(H,14,17). The van der Waals surface area contributed by atoms with Gasteiger partial charge in [-0.1, -0.05) is 0 Å². The molecule has 1 aliphatic rings. The van der Waals surface area contributed by atoms with E-state index in [1.807, 2.05) is 4.57 Å². The molecule has 3 rings (SSSR count). The van der Waals surface area contributed by atoms with Crippen LogP contribution < -0.4 is 0 Å². The maximum Gasteiger partial charge on any atom is 0.178 e. The van der Waals surface area contributed by atoms with Crippen molar-refractivity contribution in [1.29, 1.82) is 0 Å². The molecule has 1 N–H and O–H groups in total. The van der Waals surface area contributed by atoms with E-state index < -0.39 is 0 Å². The van der Waals surface area contributed by atoms with Crippen LogP contribution in [-0.2, 0) is 4.74 Å². The summed E-state index contributed by atoms with van der Waals surface area (Å²) in [7, 11) is 1.72. The van der Waals surface area contributed by atoms with Crippen molar-refractivity contribution in [2.24, 2.45) is 0 Å². The number of imidazole rings is 1. The fourth-order valence-corrected chi connectivity index (χ4v) is 2.76. The van der Waals surface area contributed by atoms with Gasteiger partial charge in [-0.3, -0.25) is 0 Å². The molecule has 1 aromatic carbocycles. The van der Waals surface area contributed by atoms with Crippen molar-refractivity contribution in [3.8, 4) is 0 Å². The number of aromatic nitrogens is 2. The van der Waals surface area contributed by atoms with E-state index >= 15 is 0 Å². The van der Waals surface area contributed by atoms with E-state index in [9.17, 15) is 4.39 Å². The van der Waals surface area contributed by atoms with Crippen molar-refractivity contribution >= 4 is 23.3 Å². The molecule has 0 radical (unpaired) electrons. The maximum absolute atomic E-state index is 13.3. The Morgan fingerprint density at radius 3 is 2.94 bits per heavy atom. The van der Waals surface area contributed by atoms with Gasteiger partial charge in [0.05, 0.1) is 17.1 Å². The molecule has 1 saturated carbocycles. The minimum absolute atomic E-state index is 0.233. The zero-order valence-corrected chi connectivity index (χ0v) is 10.3. The molecule has 1 aliphatic carbocycles. The molecule has 2 aromatic rings.